The summed E-state index contributed by atoms with van der Waals surface area (Å²) in [4.78, 5) is 13.0. The van der Waals surface area contributed by atoms with Crippen LogP contribution >= 0.6 is 0 Å². The highest BCUT2D eigenvalue weighted by Gasteiger charge is 2.35. The molecule has 2 aromatic carbocycles. The lowest BCUT2D eigenvalue weighted by Crippen LogP contribution is -2.29. The van der Waals surface area contributed by atoms with Crippen molar-refractivity contribution >= 4 is 11.9 Å². The molecule has 1 aliphatic rings. The van der Waals surface area contributed by atoms with Gasteiger partial charge in [0.2, 0.25) is 5.95 Å². The number of allylic oxidation sites excluding steroid dienone is 1. The highest BCUT2D eigenvalue weighted by atomic mass is 16.5. The summed E-state index contributed by atoms with van der Waals surface area (Å²) in [7, 11) is 0. The van der Waals surface area contributed by atoms with E-state index in [1.165, 1.54) is 0 Å². The van der Waals surface area contributed by atoms with Gasteiger partial charge in [0, 0.05) is 5.70 Å². The van der Waals surface area contributed by atoms with E-state index in [1.54, 1.807) is 4.68 Å². The number of esters is 1. The lowest BCUT2D eigenvalue weighted by atomic mass is 9.95. The molecule has 0 radical (unpaired) electrons. The quantitative estimate of drug-likeness (QED) is 0.437. The van der Waals surface area contributed by atoms with Crippen LogP contribution in [0.2, 0.25) is 0 Å². The molecule has 0 saturated heterocycles. The summed E-state index contributed by atoms with van der Waals surface area (Å²) in [5.41, 5.74) is 3.07. The van der Waals surface area contributed by atoms with Crippen LogP contribution in [0.1, 0.15) is 43.9 Å². The van der Waals surface area contributed by atoms with E-state index in [1.807, 2.05) is 61.5 Å². The van der Waals surface area contributed by atoms with Crippen molar-refractivity contribution in [1.29, 1.82) is 0 Å². The number of rotatable bonds is 8. The van der Waals surface area contributed by atoms with Crippen LogP contribution in [0.15, 0.2) is 65.9 Å². The second kappa shape index (κ2) is 9.42. The summed E-state index contributed by atoms with van der Waals surface area (Å²) in [6.45, 7) is 4.71. The standard InChI is InChI=1S/C23H25N5O3/c1-3-4-13-30-22(29)20-16(2)24-23-25-26-27-28(23)21(20)18-11-8-12-19(14-18)31-15-17-9-6-5-7-10-17/h5-12,14,21H,3-4,13,15H2,1-2H3,(H,24,25,27). The number of fused-ring (bicyclic) bond motifs is 1. The van der Waals surface area contributed by atoms with Crippen LogP contribution in [0.25, 0.3) is 0 Å². The predicted octanol–water partition coefficient (Wildman–Crippen LogP) is 3.88. The van der Waals surface area contributed by atoms with Gasteiger partial charge in [-0.05, 0) is 47.0 Å². The Hall–Kier alpha value is -3.68. The number of carbonyl (C=O) groups excluding carboxylic acids is 1. The Morgan fingerprint density at radius 3 is 2.81 bits per heavy atom. The first kappa shape index (κ1) is 20.6. The summed E-state index contributed by atoms with van der Waals surface area (Å²) in [6, 6.07) is 17.1. The number of carbonyl (C=O) groups is 1. The van der Waals surface area contributed by atoms with Crippen molar-refractivity contribution in [2.24, 2.45) is 0 Å². The molecule has 0 bridgehead atoms. The van der Waals surface area contributed by atoms with E-state index in [0.717, 1.165) is 24.0 Å². The van der Waals surface area contributed by atoms with Crippen molar-refractivity contribution in [3.05, 3.63) is 77.0 Å². The van der Waals surface area contributed by atoms with E-state index in [4.69, 9.17) is 9.47 Å². The Morgan fingerprint density at radius 2 is 2.00 bits per heavy atom. The Morgan fingerprint density at radius 1 is 1.16 bits per heavy atom. The number of unbranched alkanes of at least 4 members (excludes halogenated alkanes) is 1. The molecule has 1 unspecified atom stereocenters. The van der Waals surface area contributed by atoms with Crippen molar-refractivity contribution in [2.45, 2.75) is 39.3 Å². The van der Waals surface area contributed by atoms with Gasteiger partial charge in [-0.25, -0.2) is 4.79 Å². The van der Waals surface area contributed by atoms with Crippen molar-refractivity contribution in [3.63, 3.8) is 0 Å². The van der Waals surface area contributed by atoms with E-state index in [0.29, 0.717) is 36.2 Å². The number of benzene rings is 2. The average molecular weight is 419 g/mol. The SMILES string of the molecule is CCCCOC(=O)C1=C(C)Nc2nnnn2C1c1cccc(OCc2ccccc2)c1. The lowest BCUT2D eigenvalue weighted by molar-refractivity contribution is -0.139. The molecule has 8 nitrogen and oxygen atoms in total. The molecule has 0 saturated carbocycles. The minimum absolute atomic E-state index is 0.375. The highest BCUT2D eigenvalue weighted by molar-refractivity contribution is 5.92. The zero-order valence-corrected chi connectivity index (χ0v) is 17.6. The van der Waals surface area contributed by atoms with Crippen LogP contribution in [0, 0.1) is 0 Å². The van der Waals surface area contributed by atoms with Crippen LogP contribution in [-0.4, -0.2) is 32.8 Å². The second-order valence-corrected chi connectivity index (χ2v) is 7.35. The third-order valence-electron chi connectivity index (χ3n) is 5.09. The number of ether oxygens (including phenoxy) is 2. The van der Waals surface area contributed by atoms with Crippen LogP contribution in [0.5, 0.6) is 5.75 Å². The van der Waals surface area contributed by atoms with E-state index >= 15 is 0 Å². The monoisotopic (exact) mass is 419 g/mol. The van der Waals surface area contributed by atoms with Gasteiger partial charge in [0.15, 0.2) is 0 Å². The minimum Gasteiger partial charge on any atom is -0.489 e. The van der Waals surface area contributed by atoms with Crippen molar-refractivity contribution < 1.29 is 14.3 Å². The number of tetrazole rings is 1. The molecule has 0 aliphatic carbocycles. The first-order chi connectivity index (χ1) is 15.2. The molecule has 1 N–H and O–H groups in total. The third kappa shape index (κ3) is 4.58. The number of anilines is 1. The molecule has 4 rings (SSSR count). The Balaban J connectivity index is 1.63. The van der Waals surface area contributed by atoms with Crippen molar-refractivity contribution in [3.8, 4) is 5.75 Å². The molecule has 1 aromatic heterocycles. The van der Waals surface area contributed by atoms with Crippen molar-refractivity contribution in [1.82, 2.24) is 20.2 Å². The van der Waals surface area contributed by atoms with E-state index in [9.17, 15) is 4.79 Å². The Labute approximate surface area is 180 Å². The van der Waals surface area contributed by atoms with E-state index in [2.05, 4.69) is 27.8 Å². The predicted molar refractivity (Wildman–Crippen MR) is 115 cm³/mol. The molecule has 3 aromatic rings. The van der Waals surface area contributed by atoms with E-state index < -0.39 is 6.04 Å². The zero-order chi connectivity index (χ0) is 21.6. The summed E-state index contributed by atoms with van der Waals surface area (Å²) in [6.07, 6.45) is 1.76. The molecule has 1 aliphatic heterocycles. The van der Waals surface area contributed by atoms with Gasteiger partial charge < -0.3 is 14.8 Å². The van der Waals surface area contributed by atoms with Crippen LogP contribution in [0.4, 0.5) is 5.95 Å². The van der Waals surface area contributed by atoms with Gasteiger partial charge in [0.25, 0.3) is 0 Å². The lowest BCUT2D eigenvalue weighted by Gasteiger charge is -2.27. The Kier molecular flexibility index (Phi) is 6.26. The number of hydrogen-bond acceptors (Lipinski definition) is 7. The van der Waals surface area contributed by atoms with Gasteiger partial charge in [0.05, 0.1) is 12.2 Å². The molecule has 160 valence electrons. The maximum atomic E-state index is 13.0. The second-order valence-electron chi connectivity index (χ2n) is 7.35. The summed E-state index contributed by atoms with van der Waals surface area (Å²) in [5, 5.41) is 15.0. The fourth-order valence-electron chi connectivity index (χ4n) is 3.49. The number of hydrogen-bond donors (Lipinski definition) is 1. The molecule has 1 atom stereocenters. The van der Waals surface area contributed by atoms with Gasteiger partial charge in [-0.1, -0.05) is 60.9 Å². The molecule has 0 spiro atoms. The first-order valence-electron chi connectivity index (χ1n) is 10.4. The third-order valence-corrected chi connectivity index (χ3v) is 5.09. The van der Waals surface area contributed by atoms with Crippen LogP contribution < -0.4 is 10.1 Å². The van der Waals surface area contributed by atoms with Crippen LogP contribution in [-0.2, 0) is 16.1 Å². The largest absolute Gasteiger partial charge is 0.489 e. The van der Waals surface area contributed by atoms with Gasteiger partial charge in [-0.3, -0.25) is 0 Å². The molecular weight excluding hydrogens is 394 g/mol. The fourth-order valence-corrected chi connectivity index (χ4v) is 3.49. The minimum atomic E-state index is -0.513. The normalized spacial score (nSPS) is 15.2. The smallest absolute Gasteiger partial charge is 0.338 e. The van der Waals surface area contributed by atoms with Crippen LogP contribution in [0.3, 0.4) is 0 Å². The topological polar surface area (TPSA) is 91.2 Å². The fraction of sp³-hybridized carbons (Fsp3) is 0.304. The average Bonchev–Trinajstić information content (AvgIpc) is 3.25. The molecule has 2 heterocycles. The van der Waals surface area contributed by atoms with Gasteiger partial charge in [0.1, 0.15) is 18.4 Å². The highest BCUT2D eigenvalue weighted by Crippen LogP contribution is 2.36. The maximum absolute atomic E-state index is 13.0. The number of nitrogens with zero attached hydrogens (tertiary/aromatic N) is 4. The Bertz CT molecular complexity index is 1080. The number of nitrogens with one attached hydrogen (secondary N) is 1. The zero-order valence-electron chi connectivity index (χ0n) is 17.6. The molecule has 0 amide bonds. The van der Waals surface area contributed by atoms with Crippen molar-refractivity contribution in [2.75, 3.05) is 11.9 Å². The molecule has 0 fully saturated rings. The summed E-state index contributed by atoms with van der Waals surface area (Å²) < 4.78 is 13.1. The van der Waals surface area contributed by atoms with E-state index in [-0.39, 0.29) is 5.97 Å². The maximum Gasteiger partial charge on any atom is 0.338 e. The molecule has 31 heavy (non-hydrogen) atoms. The van der Waals surface area contributed by atoms with Gasteiger partial charge >= 0.3 is 5.97 Å². The molecule has 8 heteroatoms. The summed E-state index contributed by atoms with van der Waals surface area (Å²) >= 11 is 0. The molecular formula is C23H25N5O3. The number of aromatic nitrogens is 4. The van der Waals surface area contributed by atoms with Gasteiger partial charge in [-0.2, -0.15) is 4.68 Å². The summed E-state index contributed by atoms with van der Waals surface area (Å²) in [5.74, 6) is 0.800. The van der Waals surface area contributed by atoms with Gasteiger partial charge in [-0.15, -0.1) is 0 Å². The first-order valence-corrected chi connectivity index (χ1v) is 10.4.